The summed E-state index contributed by atoms with van der Waals surface area (Å²) < 4.78 is 19.8. The number of phenolic OH excluding ortho intramolecular Hbond substituents is 1. The molecule has 0 saturated carbocycles. The minimum atomic E-state index is -0.766. The zero-order valence-corrected chi connectivity index (χ0v) is 21.9. The molecule has 39 heavy (non-hydrogen) atoms. The van der Waals surface area contributed by atoms with Crippen LogP contribution in [-0.4, -0.2) is 71.6 Å². The van der Waals surface area contributed by atoms with E-state index in [0.717, 1.165) is 73.5 Å². The molecule has 10 nitrogen and oxygen atoms in total. The predicted octanol–water partition coefficient (Wildman–Crippen LogP) is 4.49. The first-order valence-electron chi connectivity index (χ1n) is 12.5. The number of carbonyl (C=O) groups excluding carboxylic acids is 1. The Balaban J connectivity index is 1.18. The van der Waals surface area contributed by atoms with Crippen molar-refractivity contribution < 1.29 is 19.0 Å². The number of hydrogen-bond donors (Lipinski definition) is 4. The summed E-state index contributed by atoms with van der Waals surface area (Å²) in [6.45, 7) is 5.39. The van der Waals surface area contributed by atoms with E-state index in [0.29, 0.717) is 17.1 Å². The fourth-order valence-corrected chi connectivity index (χ4v) is 4.87. The van der Waals surface area contributed by atoms with Crippen molar-refractivity contribution in [3.05, 3.63) is 65.3 Å². The van der Waals surface area contributed by atoms with Crippen molar-refractivity contribution in [3.63, 3.8) is 0 Å². The van der Waals surface area contributed by atoms with E-state index in [9.17, 15) is 14.3 Å². The van der Waals surface area contributed by atoms with Crippen LogP contribution in [-0.2, 0) is 4.74 Å². The molecule has 12 heteroatoms. The van der Waals surface area contributed by atoms with Crippen LogP contribution < -0.4 is 16.1 Å². The largest absolute Gasteiger partial charge is 0.505 e. The van der Waals surface area contributed by atoms with Crippen molar-refractivity contribution in [1.29, 1.82) is 0 Å². The lowest BCUT2D eigenvalue weighted by atomic mass is 10.2. The topological polar surface area (TPSA) is 124 Å². The first-order chi connectivity index (χ1) is 19.0. The fraction of sp³-hybridized carbons (Fsp3) is 0.259. The van der Waals surface area contributed by atoms with Gasteiger partial charge in [0.2, 0.25) is 0 Å². The van der Waals surface area contributed by atoms with Gasteiger partial charge in [0.15, 0.2) is 17.4 Å². The maximum Gasteiger partial charge on any atom is 0.339 e. The lowest BCUT2D eigenvalue weighted by molar-refractivity contribution is 0.0378. The third kappa shape index (κ3) is 7.05. The first kappa shape index (κ1) is 26.5. The minimum absolute atomic E-state index is 0.392. The van der Waals surface area contributed by atoms with Gasteiger partial charge in [0, 0.05) is 30.9 Å². The van der Waals surface area contributed by atoms with Gasteiger partial charge < -0.3 is 20.5 Å². The number of hydrogen-bond acceptors (Lipinski definition) is 9. The summed E-state index contributed by atoms with van der Waals surface area (Å²) in [6, 6.07) is 12.4. The summed E-state index contributed by atoms with van der Waals surface area (Å²) in [6.07, 6.45) is 2.28. The van der Waals surface area contributed by atoms with Crippen molar-refractivity contribution in [2.75, 3.05) is 50.0 Å². The Bertz CT molecular complexity index is 1460. The van der Waals surface area contributed by atoms with Crippen LogP contribution in [0.3, 0.4) is 0 Å². The highest BCUT2D eigenvalue weighted by molar-refractivity contribution is 7.17. The lowest BCUT2D eigenvalue weighted by Gasteiger charge is -2.26. The van der Waals surface area contributed by atoms with Crippen LogP contribution in [0.25, 0.3) is 21.6 Å². The molecule has 1 aliphatic rings. The molecule has 2 aromatic carbocycles. The van der Waals surface area contributed by atoms with Crippen LogP contribution >= 0.6 is 11.3 Å². The molecule has 0 atom stereocenters. The van der Waals surface area contributed by atoms with Gasteiger partial charge in [0.1, 0.15) is 5.82 Å². The number of aromatic nitrogens is 2. The Hall–Kier alpha value is -4.13. The molecule has 0 bridgehead atoms. The van der Waals surface area contributed by atoms with Crippen LogP contribution in [0.1, 0.15) is 12.0 Å². The summed E-state index contributed by atoms with van der Waals surface area (Å²) in [7, 11) is 0. The van der Waals surface area contributed by atoms with Crippen molar-refractivity contribution in [3.8, 4) is 17.1 Å². The molecule has 3 heterocycles. The zero-order valence-electron chi connectivity index (χ0n) is 21.1. The number of morpholine rings is 1. The summed E-state index contributed by atoms with van der Waals surface area (Å²) in [5.74, 6) is 0.199. The molecule has 1 fully saturated rings. The molecule has 0 aliphatic carbocycles. The molecule has 1 saturated heterocycles. The van der Waals surface area contributed by atoms with Gasteiger partial charge in [-0.25, -0.2) is 24.6 Å². The Morgan fingerprint density at radius 2 is 1.97 bits per heavy atom. The molecule has 0 unspecified atom stereocenters. The number of hydrazone groups is 1. The second-order valence-electron chi connectivity index (χ2n) is 8.88. The van der Waals surface area contributed by atoms with E-state index in [1.807, 2.05) is 23.6 Å². The van der Waals surface area contributed by atoms with Gasteiger partial charge in [-0.05, 0) is 72.4 Å². The number of urea groups is 1. The quantitative estimate of drug-likeness (QED) is 0.138. The van der Waals surface area contributed by atoms with Gasteiger partial charge in [0.05, 0.1) is 29.6 Å². The van der Waals surface area contributed by atoms with Gasteiger partial charge in [-0.3, -0.25) is 4.90 Å². The number of rotatable bonds is 9. The third-order valence-corrected chi connectivity index (χ3v) is 7.01. The van der Waals surface area contributed by atoms with E-state index >= 15 is 0 Å². The third-order valence-electron chi connectivity index (χ3n) is 6.10. The first-order valence-corrected chi connectivity index (χ1v) is 13.4. The Kier molecular flexibility index (Phi) is 8.56. The van der Waals surface area contributed by atoms with Gasteiger partial charge in [-0.15, -0.1) is 11.3 Å². The smallest absolute Gasteiger partial charge is 0.339 e. The number of nitrogens with zero attached hydrogens (tertiary/aromatic N) is 4. The number of thiophene rings is 1. The molecule has 1 aliphatic heterocycles. The zero-order chi connectivity index (χ0) is 27.0. The highest BCUT2D eigenvalue weighted by Gasteiger charge is 2.13. The van der Waals surface area contributed by atoms with Crippen LogP contribution in [0.15, 0.2) is 59.0 Å². The predicted molar refractivity (Wildman–Crippen MR) is 151 cm³/mol. The Morgan fingerprint density at radius 3 is 2.77 bits per heavy atom. The molecular weight excluding hydrogens is 521 g/mol. The molecule has 4 N–H and O–H groups in total. The van der Waals surface area contributed by atoms with Crippen molar-refractivity contribution >= 4 is 45.3 Å². The van der Waals surface area contributed by atoms with E-state index in [1.54, 1.807) is 23.5 Å². The summed E-state index contributed by atoms with van der Waals surface area (Å²) >= 11 is 1.61. The van der Waals surface area contributed by atoms with Gasteiger partial charge in [-0.1, -0.05) is 0 Å². The highest BCUT2D eigenvalue weighted by atomic mass is 32.1. The fourth-order valence-electron chi connectivity index (χ4n) is 4.08. The van der Waals surface area contributed by atoms with Crippen molar-refractivity contribution in [2.45, 2.75) is 6.42 Å². The van der Waals surface area contributed by atoms with Crippen molar-refractivity contribution in [1.82, 2.24) is 20.3 Å². The second kappa shape index (κ2) is 12.6. The number of anilines is 2. The number of nitrogens with one attached hydrogen (secondary N) is 3. The minimum Gasteiger partial charge on any atom is -0.505 e. The van der Waals surface area contributed by atoms with E-state index in [4.69, 9.17) is 14.7 Å². The van der Waals surface area contributed by atoms with E-state index in [-0.39, 0.29) is 0 Å². The monoisotopic (exact) mass is 549 g/mol. The van der Waals surface area contributed by atoms with Crippen LogP contribution in [0.2, 0.25) is 0 Å². The molecule has 4 aromatic rings. The number of carbonyl (C=O) groups is 1. The van der Waals surface area contributed by atoms with Crippen molar-refractivity contribution in [2.24, 2.45) is 5.10 Å². The average Bonchev–Trinajstić information content (AvgIpc) is 3.43. The average molecular weight is 550 g/mol. The van der Waals surface area contributed by atoms with E-state index in [2.05, 4.69) is 26.1 Å². The standard InChI is InChI=1S/C27H28FN7O3S/c28-21-16-18(2-7-23(21)36)17-30-34-27(37)31-20-5-3-19(4-6-20)25-32-22-8-15-39-24(22)26(33-25)29-9-1-10-35-11-13-38-14-12-35/h2-8,15-17,36H,1,9-14H2,(H,29,32,33)(H2,31,34,37)/b30-17+. The number of aromatic hydroxyl groups is 1. The molecule has 0 radical (unpaired) electrons. The molecule has 0 spiro atoms. The number of amides is 2. The van der Waals surface area contributed by atoms with E-state index < -0.39 is 17.6 Å². The van der Waals surface area contributed by atoms with E-state index in [1.165, 1.54) is 18.3 Å². The number of fused-ring (bicyclic) bond motifs is 1. The van der Waals surface area contributed by atoms with Crippen LogP contribution in [0, 0.1) is 5.82 Å². The van der Waals surface area contributed by atoms with Crippen LogP contribution in [0.4, 0.5) is 20.7 Å². The highest BCUT2D eigenvalue weighted by Crippen LogP contribution is 2.29. The van der Waals surface area contributed by atoms with Gasteiger partial charge in [0.25, 0.3) is 0 Å². The lowest BCUT2D eigenvalue weighted by Crippen LogP contribution is -2.37. The number of halogens is 1. The number of phenols is 1. The Morgan fingerprint density at radius 1 is 1.15 bits per heavy atom. The maximum absolute atomic E-state index is 13.4. The van der Waals surface area contributed by atoms with Gasteiger partial charge >= 0.3 is 6.03 Å². The molecule has 2 aromatic heterocycles. The summed E-state index contributed by atoms with van der Waals surface area (Å²) in [4.78, 5) is 24.1. The number of benzene rings is 2. The summed E-state index contributed by atoms with van der Waals surface area (Å²) in [5.41, 5.74) is 4.97. The molecule has 2 amide bonds. The second-order valence-corrected chi connectivity index (χ2v) is 9.79. The molecular formula is C27H28FN7O3S. The maximum atomic E-state index is 13.4. The Labute approximate surface area is 228 Å². The van der Waals surface area contributed by atoms with Crippen LogP contribution in [0.5, 0.6) is 5.75 Å². The SMILES string of the molecule is O=C(N/N=C/c1ccc(O)c(F)c1)Nc1ccc(-c2nc(NCCCN3CCOCC3)c3sccc3n2)cc1. The molecule has 202 valence electrons. The van der Waals surface area contributed by atoms with Gasteiger partial charge in [-0.2, -0.15) is 5.10 Å². The normalized spacial score (nSPS) is 14.1. The molecule has 5 rings (SSSR count). The summed E-state index contributed by atoms with van der Waals surface area (Å²) in [5, 5.41) is 21.2. The number of ether oxygens (including phenoxy) is 1.